The zero-order valence-electron chi connectivity index (χ0n) is 26.6. The lowest BCUT2D eigenvalue weighted by Gasteiger charge is -2.29. The van der Waals surface area contributed by atoms with Crippen molar-refractivity contribution >= 4 is 35.5 Å². The average molecular weight is 602 g/mol. The molecule has 12 heteroatoms. The molecule has 0 spiro atoms. The summed E-state index contributed by atoms with van der Waals surface area (Å²) >= 11 is 0. The molecule has 0 bridgehead atoms. The van der Waals surface area contributed by atoms with E-state index in [9.17, 15) is 24.0 Å². The van der Waals surface area contributed by atoms with Crippen molar-refractivity contribution in [3.05, 3.63) is 35.9 Å². The summed E-state index contributed by atoms with van der Waals surface area (Å²) in [6, 6.07) is 6.08. The highest BCUT2D eigenvalue weighted by Crippen LogP contribution is 2.21. The number of nitrogens with zero attached hydrogens (tertiary/aromatic N) is 2. The molecule has 0 aromatic heterocycles. The number of esters is 1. The number of hydrogen-bond donors (Lipinski definition) is 3. The Balaban J connectivity index is 2.26. The van der Waals surface area contributed by atoms with Crippen molar-refractivity contribution in [3.63, 3.8) is 0 Å². The van der Waals surface area contributed by atoms with Gasteiger partial charge in [0.25, 0.3) is 5.91 Å². The number of rotatable bonds is 11. The third-order valence-corrected chi connectivity index (χ3v) is 6.18. The summed E-state index contributed by atoms with van der Waals surface area (Å²) < 4.78 is 10.8. The molecule has 1 fully saturated rings. The van der Waals surface area contributed by atoms with Gasteiger partial charge in [0.1, 0.15) is 29.3 Å². The topological polar surface area (TPSA) is 156 Å². The summed E-state index contributed by atoms with van der Waals surface area (Å²) in [4.78, 5) is 66.7. The number of amides is 4. The highest BCUT2D eigenvalue weighted by atomic mass is 16.6. The second-order valence-corrected chi connectivity index (χ2v) is 12.8. The molecule has 3 atom stereocenters. The van der Waals surface area contributed by atoms with E-state index in [2.05, 4.69) is 21.2 Å². The van der Waals surface area contributed by atoms with Crippen molar-refractivity contribution in [2.45, 2.75) is 117 Å². The van der Waals surface area contributed by atoms with Crippen LogP contribution in [0.25, 0.3) is 0 Å². The van der Waals surface area contributed by atoms with Crippen LogP contribution in [0.3, 0.4) is 0 Å². The molecule has 1 saturated heterocycles. The minimum atomic E-state index is -1.14. The summed E-state index contributed by atoms with van der Waals surface area (Å²) in [5.41, 5.74) is 2.33. The average Bonchev–Trinajstić information content (AvgIpc) is 3.38. The number of hydrogen-bond acceptors (Lipinski definition) is 8. The van der Waals surface area contributed by atoms with Crippen LogP contribution in [0.1, 0.15) is 86.6 Å². The third kappa shape index (κ3) is 12.8. The van der Waals surface area contributed by atoms with Crippen molar-refractivity contribution in [1.82, 2.24) is 21.0 Å². The zero-order valence-corrected chi connectivity index (χ0v) is 26.6. The SMILES string of the molecule is CC(C)=NNC(=O)[C@H](CCC(=O)OC(C)(C)C)NC(=O)[C@H](Cc1ccccc1)NC(=O)[C@@H]1CCCN1C(=O)OC(C)(C)C. The number of benzene rings is 1. The lowest BCUT2D eigenvalue weighted by molar-refractivity contribution is -0.155. The highest BCUT2D eigenvalue weighted by Gasteiger charge is 2.38. The van der Waals surface area contributed by atoms with Gasteiger partial charge in [0.2, 0.25) is 11.8 Å². The first-order valence-corrected chi connectivity index (χ1v) is 14.6. The van der Waals surface area contributed by atoms with Crippen molar-refractivity contribution in [1.29, 1.82) is 0 Å². The minimum Gasteiger partial charge on any atom is -0.460 e. The molecule has 4 amide bonds. The maximum Gasteiger partial charge on any atom is 0.410 e. The van der Waals surface area contributed by atoms with Crippen molar-refractivity contribution < 1.29 is 33.4 Å². The fourth-order valence-electron chi connectivity index (χ4n) is 4.35. The Kier molecular flexibility index (Phi) is 12.7. The smallest absolute Gasteiger partial charge is 0.410 e. The standard InChI is InChI=1S/C31H47N5O7/c1-20(2)34-35-27(39)22(16-17-25(37)42-30(3,4)5)32-26(38)23(19-21-13-10-9-11-14-21)33-28(40)24-15-12-18-36(24)29(41)43-31(6,7)8/h9-11,13-14,22-24H,12,15-19H2,1-8H3,(H,32,38)(H,33,40)(H,35,39)/t22-,23-,24-/m0/s1. The number of nitrogens with one attached hydrogen (secondary N) is 3. The van der Waals surface area contributed by atoms with Gasteiger partial charge in [-0.25, -0.2) is 10.2 Å². The molecule has 1 aliphatic heterocycles. The number of carbonyl (C=O) groups is 5. The molecule has 1 aliphatic rings. The Bertz CT molecular complexity index is 1170. The fourth-order valence-corrected chi connectivity index (χ4v) is 4.35. The predicted molar refractivity (Wildman–Crippen MR) is 162 cm³/mol. The van der Waals surface area contributed by atoms with Crippen LogP contribution in [0.5, 0.6) is 0 Å². The lowest BCUT2D eigenvalue weighted by atomic mass is 10.0. The van der Waals surface area contributed by atoms with Gasteiger partial charge in [-0.2, -0.15) is 5.10 Å². The van der Waals surface area contributed by atoms with Crippen molar-refractivity contribution in [3.8, 4) is 0 Å². The quantitative estimate of drug-likeness (QED) is 0.200. The van der Waals surface area contributed by atoms with E-state index in [1.807, 2.05) is 30.3 Å². The van der Waals surface area contributed by atoms with E-state index in [0.717, 1.165) is 5.56 Å². The highest BCUT2D eigenvalue weighted by molar-refractivity contribution is 5.94. The van der Waals surface area contributed by atoms with Gasteiger partial charge in [-0.05, 0) is 80.2 Å². The Morgan fingerprint density at radius 1 is 0.907 bits per heavy atom. The van der Waals surface area contributed by atoms with E-state index in [4.69, 9.17) is 9.47 Å². The summed E-state index contributed by atoms with van der Waals surface area (Å²) in [6.45, 7) is 14.2. The molecular formula is C31H47N5O7. The van der Waals surface area contributed by atoms with E-state index in [-0.39, 0.29) is 19.3 Å². The van der Waals surface area contributed by atoms with Crippen LogP contribution >= 0.6 is 0 Å². The summed E-state index contributed by atoms with van der Waals surface area (Å²) in [7, 11) is 0. The monoisotopic (exact) mass is 601 g/mol. The van der Waals surface area contributed by atoms with Crippen LogP contribution in [0, 0.1) is 0 Å². The zero-order chi connectivity index (χ0) is 32.4. The second kappa shape index (κ2) is 15.5. The van der Waals surface area contributed by atoms with Gasteiger partial charge in [0.05, 0.1) is 0 Å². The molecule has 238 valence electrons. The molecule has 0 unspecified atom stereocenters. The minimum absolute atomic E-state index is 0.0498. The van der Waals surface area contributed by atoms with Crippen LogP contribution in [0.2, 0.25) is 0 Å². The first-order chi connectivity index (χ1) is 19.9. The summed E-state index contributed by atoms with van der Waals surface area (Å²) in [5.74, 6) is -2.26. The molecule has 0 radical (unpaired) electrons. The maximum absolute atomic E-state index is 13.7. The van der Waals surface area contributed by atoms with Crippen LogP contribution in [-0.4, -0.2) is 76.3 Å². The summed E-state index contributed by atoms with van der Waals surface area (Å²) in [5, 5.41) is 9.42. The number of hydrazone groups is 1. The Labute approximate surface area is 254 Å². The van der Waals surface area contributed by atoms with E-state index in [1.54, 1.807) is 55.4 Å². The van der Waals surface area contributed by atoms with E-state index in [0.29, 0.717) is 25.1 Å². The van der Waals surface area contributed by atoms with Crippen LogP contribution in [0.4, 0.5) is 4.79 Å². The van der Waals surface area contributed by atoms with Gasteiger partial charge in [-0.15, -0.1) is 0 Å². The molecule has 0 saturated carbocycles. The fraction of sp³-hybridized carbons (Fsp3) is 0.613. The van der Waals surface area contributed by atoms with Crippen molar-refractivity contribution in [2.24, 2.45) is 5.10 Å². The van der Waals surface area contributed by atoms with Gasteiger partial charge in [-0.1, -0.05) is 30.3 Å². The van der Waals surface area contributed by atoms with Crippen LogP contribution in [-0.2, 0) is 35.1 Å². The molecule has 12 nitrogen and oxygen atoms in total. The van der Waals surface area contributed by atoms with Gasteiger partial charge >= 0.3 is 12.1 Å². The molecule has 2 rings (SSSR count). The van der Waals surface area contributed by atoms with Gasteiger partial charge in [0.15, 0.2) is 0 Å². The summed E-state index contributed by atoms with van der Waals surface area (Å²) in [6.07, 6.45) is 0.375. The number of ether oxygens (including phenoxy) is 2. The van der Waals surface area contributed by atoms with E-state index >= 15 is 0 Å². The molecule has 3 N–H and O–H groups in total. The molecule has 1 heterocycles. The molecule has 1 aromatic carbocycles. The Morgan fingerprint density at radius 3 is 2.12 bits per heavy atom. The van der Waals surface area contributed by atoms with Gasteiger partial charge < -0.3 is 20.1 Å². The normalized spacial score (nSPS) is 16.4. The van der Waals surface area contributed by atoms with Crippen LogP contribution in [0.15, 0.2) is 35.4 Å². The largest absolute Gasteiger partial charge is 0.460 e. The molecule has 1 aromatic rings. The molecule has 43 heavy (non-hydrogen) atoms. The van der Waals surface area contributed by atoms with Crippen LogP contribution < -0.4 is 16.1 Å². The van der Waals surface area contributed by atoms with Gasteiger partial charge in [-0.3, -0.25) is 24.1 Å². The van der Waals surface area contributed by atoms with E-state index < -0.39 is 59.1 Å². The Morgan fingerprint density at radius 2 is 1.53 bits per heavy atom. The van der Waals surface area contributed by atoms with Gasteiger partial charge in [0, 0.05) is 25.1 Å². The Hall–Kier alpha value is -3.96. The maximum atomic E-state index is 13.7. The first-order valence-electron chi connectivity index (χ1n) is 14.6. The molecule has 0 aliphatic carbocycles. The predicted octanol–water partition coefficient (Wildman–Crippen LogP) is 3.23. The molecular weight excluding hydrogens is 554 g/mol. The van der Waals surface area contributed by atoms with E-state index in [1.165, 1.54) is 4.90 Å². The first kappa shape index (κ1) is 35.2. The number of likely N-dealkylation sites (tertiary alicyclic amines) is 1. The lowest BCUT2D eigenvalue weighted by Crippen LogP contribution is -2.57. The second-order valence-electron chi connectivity index (χ2n) is 12.8. The number of carbonyl (C=O) groups excluding carboxylic acids is 5. The van der Waals surface area contributed by atoms with Crippen molar-refractivity contribution in [2.75, 3.05) is 6.54 Å². The third-order valence-electron chi connectivity index (χ3n) is 6.18.